The summed E-state index contributed by atoms with van der Waals surface area (Å²) in [6, 6.07) is 16.4. The lowest BCUT2D eigenvalue weighted by Gasteiger charge is -2.18. The average molecular weight is 283 g/mol. The minimum absolute atomic E-state index is 0.153. The van der Waals surface area contributed by atoms with Crippen molar-refractivity contribution in [3.63, 3.8) is 0 Å². The van der Waals surface area contributed by atoms with Gasteiger partial charge in [-0.2, -0.15) is 0 Å². The predicted molar refractivity (Wildman–Crippen MR) is 88.6 cm³/mol. The largest absolute Gasteiger partial charge is 0.494 e. The summed E-state index contributed by atoms with van der Waals surface area (Å²) in [5, 5.41) is 0. The van der Waals surface area contributed by atoms with E-state index in [9.17, 15) is 0 Å². The monoisotopic (exact) mass is 283 g/mol. The number of hydrogen-bond donors (Lipinski definition) is 1. The van der Waals surface area contributed by atoms with E-state index in [1.54, 1.807) is 0 Å². The van der Waals surface area contributed by atoms with Crippen LogP contribution in [0, 0.1) is 5.92 Å². The Bertz CT molecular complexity index is 577. The lowest BCUT2D eigenvalue weighted by atomic mass is 9.94. The number of hydrogen-bond acceptors (Lipinski definition) is 2. The number of para-hydroxylation sites is 1. The van der Waals surface area contributed by atoms with Crippen LogP contribution in [-0.2, 0) is 6.42 Å². The van der Waals surface area contributed by atoms with Crippen molar-refractivity contribution in [1.82, 2.24) is 0 Å². The van der Waals surface area contributed by atoms with Crippen molar-refractivity contribution in [2.75, 3.05) is 6.61 Å². The van der Waals surface area contributed by atoms with Gasteiger partial charge in [-0.1, -0.05) is 56.3 Å². The highest BCUT2D eigenvalue weighted by Gasteiger charge is 2.14. The maximum Gasteiger partial charge on any atom is 0.124 e. The molecule has 21 heavy (non-hydrogen) atoms. The fraction of sp³-hybridized carbons (Fsp3) is 0.368. The van der Waals surface area contributed by atoms with Crippen LogP contribution in [0.1, 0.15) is 43.5 Å². The van der Waals surface area contributed by atoms with Gasteiger partial charge >= 0.3 is 0 Å². The number of rotatable bonds is 6. The van der Waals surface area contributed by atoms with Crippen molar-refractivity contribution in [3.05, 3.63) is 65.2 Å². The molecule has 0 aliphatic carbocycles. The van der Waals surface area contributed by atoms with Gasteiger partial charge in [-0.15, -0.1) is 0 Å². The first-order valence-electron chi connectivity index (χ1n) is 7.68. The molecule has 2 N–H and O–H groups in total. The third kappa shape index (κ3) is 4.08. The molecule has 2 aromatic carbocycles. The van der Waals surface area contributed by atoms with Gasteiger partial charge in [0.1, 0.15) is 5.75 Å². The topological polar surface area (TPSA) is 35.2 Å². The first kappa shape index (κ1) is 15.6. The van der Waals surface area contributed by atoms with Gasteiger partial charge in [0.25, 0.3) is 0 Å². The van der Waals surface area contributed by atoms with Crippen LogP contribution >= 0.6 is 0 Å². The van der Waals surface area contributed by atoms with Crippen molar-refractivity contribution in [3.8, 4) is 5.75 Å². The molecular weight excluding hydrogens is 258 g/mol. The molecule has 0 heterocycles. The lowest BCUT2D eigenvalue weighted by molar-refractivity contribution is 0.335. The summed E-state index contributed by atoms with van der Waals surface area (Å²) in [4.78, 5) is 0. The van der Waals surface area contributed by atoms with Crippen LogP contribution in [0.15, 0.2) is 48.5 Å². The molecule has 0 saturated carbocycles. The first-order valence-corrected chi connectivity index (χ1v) is 7.68. The lowest BCUT2D eigenvalue weighted by Crippen LogP contribution is -2.14. The second kappa shape index (κ2) is 7.28. The molecule has 2 aromatic rings. The smallest absolute Gasteiger partial charge is 0.124 e. The normalized spacial score (nSPS) is 12.4. The van der Waals surface area contributed by atoms with Crippen molar-refractivity contribution < 1.29 is 4.74 Å². The Morgan fingerprint density at radius 2 is 1.81 bits per heavy atom. The summed E-state index contributed by atoms with van der Waals surface area (Å²) in [7, 11) is 0. The quantitative estimate of drug-likeness (QED) is 0.856. The molecule has 2 heteroatoms. The Morgan fingerprint density at radius 1 is 1.05 bits per heavy atom. The van der Waals surface area contributed by atoms with Crippen LogP contribution in [0.25, 0.3) is 0 Å². The van der Waals surface area contributed by atoms with E-state index >= 15 is 0 Å². The molecule has 0 spiro atoms. The van der Waals surface area contributed by atoms with Crippen molar-refractivity contribution in [2.24, 2.45) is 11.7 Å². The fourth-order valence-corrected chi connectivity index (χ4v) is 2.59. The van der Waals surface area contributed by atoms with E-state index in [-0.39, 0.29) is 6.04 Å². The van der Waals surface area contributed by atoms with Gasteiger partial charge in [0.15, 0.2) is 0 Å². The molecule has 0 saturated heterocycles. The van der Waals surface area contributed by atoms with Gasteiger partial charge in [0, 0.05) is 5.56 Å². The van der Waals surface area contributed by atoms with Crippen molar-refractivity contribution in [1.29, 1.82) is 0 Å². The van der Waals surface area contributed by atoms with Crippen LogP contribution in [0.2, 0.25) is 0 Å². The average Bonchev–Trinajstić information content (AvgIpc) is 2.47. The van der Waals surface area contributed by atoms with Gasteiger partial charge in [0.2, 0.25) is 0 Å². The summed E-state index contributed by atoms with van der Waals surface area (Å²) in [6.45, 7) is 7.11. The van der Waals surface area contributed by atoms with Gasteiger partial charge in [-0.3, -0.25) is 0 Å². The van der Waals surface area contributed by atoms with Crippen LogP contribution in [0.4, 0.5) is 0 Å². The predicted octanol–water partition coefficient (Wildman–Crippen LogP) is 4.33. The number of benzene rings is 2. The van der Waals surface area contributed by atoms with E-state index in [1.165, 1.54) is 5.56 Å². The van der Waals surface area contributed by atoms with Crippen molar-refractivity contribution in [2.45, 2.75) is 33.2 Å². The summed E-state index contributed by atoms with van der Waals surface area (Å²) in [5.41, 5.74) is 9.99. The van der Waals surface area contributed by atoms with E-state index in [4.69, 9.17) is 10.5 Å². The summed E-state index contributed by atoms with van der Waals surface area (Å²) in [6.07, 6.45) is 1.08. The summed E-state index contributed by atoms with van der Waals surface area (Å²) >= 11 is 0. The Hall–Kier alpha value is -1.80. The summed E-state index contributed by atoms with van der Waals surface area (Å²) < 4.78 is 5.69. The highest BCUT2D eigenvalue weighted by atomic mass is 16.5. The molecule has 0 fully saturated rings. The molecule has 0 amide bonds. The van der Waals surface area contributed by atoms with E-state index in [0.29, 0.717) is 12.5 Å². The third-order valence-electron chi connectivity index (χ3n) is 3.51. The Kier molecular flexibility index (Phi) is 5.40. The first-order chi connectivity index (χ1) is 10.1. The van der Waals surface area contributed by atoms with Gasteiger partial charge in [-0.25, -0.2) is 0 Å². The zero-order valence-corrected chi connectivity index (χ0v) is 13.2. The maximum absolute atomic E-state index is 6.47. The van der Waals surface area contributed by atoms with E-state index < -0.39 is 0 Å². The van der Waals surface area contributed by atoms with Crippen molar-refractivity contribution >= 4 is 0 Å². The minimum atomic E-state index is -0.153. The Labute approximate surface area is 127 Å². The molecule has 1 atom stereocenters. The van der Waals surface area contributed by atoms with E-state index in [1.807, 2.05) is 31.2 Å². The molecule has 0 aliphatic rings. The third-order valence-corrected chi connectivity index (χ3v) is 3.51. The molecule has 0 aromatic heterocycles. The van der Waals surface area contributed by atoms with Crippen LogP contribution in [0.3, 0.4) is 0 Å². The number of nitrogens with two attached hydrogens (primary N) is 1. The van der Waals surface area contributed by atoms with Gasteiger partial charge in [0.05, 0.1) is 12.6 Å². The molecule has 2 rings (SSSR count). The highest BCUT2D eigenvalue weighted by molar-refractivity contribution is 5.42. The number of ether oxygens (including phenoxy) is 1. The standard InChI is InChI=1S/C19H25NO/c1-4-21-18-11-6-5-10-17(18)19(20)16-9-7-8-15(13-16)12-14(2)3/h5-11,13-14,19H,4,12,20H2,1-3H3. The van der Waals surface area contributed by atoms with Crippen LogP contribution in [0.5, 0.6) is 5.75 Å². The second-order valence-electron chi connectivity index (χ2n) is 5.79. The Balaban J connectivity index is 2.29. The van der Waals surface area contributed by atoms with E-state index in [2.05, 4.69) is 38.1 Å². The molecule has 112 valence electrons. The van der Waals surface area contributed by atoms with Gasteiger partial charge in [-0.05, 0) is 36.5 Å². The minimum Gasteiger partial charge on any atom is -0.494 e. The maximum atomic E-state index is 6.47. The zero-order chi connectivity index (χ0) is 15.2. The van der Waals surface area contributed by atoms with Crippen LogP contribution < -0.4 is 10.5 Å². The summed E-state index contributed by atoms with van der Waals surface area (Å²) in [5.74, 6) is 1.52. The SMILES string of the molecule is CCOc1ccccc1C(N)c1cccc(CC(C)C)c1. The molecular formula is C19H25NO. The molecule has 0 radical (unpaired) electrons. The molecule has 1 unspecified atom stereocenters. The molecule has 0 bridgehead atoms. The molecule has 2 nitrogen and oxygen atoms in total. The zero-order valence-electron chi connectivity index (χ0n) is 13.2. The molecule has 0 aliphatic heterocycles. The van der Waals surface area contributed by atoms with Gasteiger partial charge < -0.3 is 10.5 Å². The fourth-order valence-electron chi connectivity index (χ4n) is 2.59. The van der Waals surface area contributed by atoms with E-state index in [0.717, 1.165) is 23.3 Å². The van der Waals surface area contributed by atoms with Crippen LogP contribution in [-0.4, -0.2) is 6.61 Å². The Morgan fingerprint density at radius 3 is 2.52 bits per heavy atom. The second-order valence-corrected chi connectivity index (χ2v) is 5.79. The highest BCUT2D eigenvalue weighted by Crippen LogP contribution is 2.29.